The minimum Gasteiger partial charge on any atom is -0.480 e. The fraction of sp³-hybridized carbons (Fsp3) is 0.588. The van der Waals surface area contributed by atoms with E-state index in [1.54, 1.807) is 13.0 Å². The van der Waals surface area contributed by atoms with E-state index in [0.717, 1.165) is 5.56 Å². The van der Waals surface area contributed by atoms with Crippen molar-refractivity contribution < 1.29 is 33.9 Å². The lowest BCUT2D eigenvalue weighted by atomic mass is 9.96. The quantitative estimate of drug-likeness (QED) is 0.0965. The summed E-state index contributed by atoms with van der Waals surface area (Å²) < 4.78 is 0. The van der Waals surface area contributed by atoms with Gasteiger partial charge in [0.2, 0.25) is 29.5 Å². The average Bonchev–Trinajstić information content (AvgIpc) is 3.02. The summed E-state index contributed by atoms with van der Waals surface area (Å²) in [5, 5.41) is 22.6. The lowest BCUT2D eigenvalue weighted by molar-refractivity contribution is -0.142. The Bertz CT molecular complexity index is 1200. The number of benzene rings is 1. The number of nitrogens with two attached hydrogens (primary N) is 1. The highest BCUT2D eigenvalue weighted by Gasteiger charge is 2.31. The molecule has 1 aromatic rings. The Kier molecular flexibility index (Phi) is 18.7. The molecule has 13 nitrogen and oxygen atoms in total. The van der Waals surface area contributed by atoms with E-state index in [-0.39, 0.29) is 37.1 Å². The van der Waals surface area contributed by atoms with Crippen LogP contribution < -0.4 is 32.3 Å². The molecule has 0 aliphatic carbocycles. The summed E-state index contributed by atoms with van der Waals surface area (Å²) in [6.45, 7) is 11.0. The molecule has 47 heavy (non-hydrogen) atoms. The van der Waals surface area contributed by atoms with Crippen LogP contribution in [-0.4, -0.2) is 77.9 Å². The third-order valence-electron chi connectivity index (χ3n) is 7.45. The van der Waals surface area contributed by atoms with E-state index in [4.69, 9.17) is 5.73 Å². The van der Waals surface area contributed by atoms with Gasteiger partial charge in [-0.15, -0.1) is 0 Å². The molecule has 0 radical (unpaired) electrons. The molecule has 8 N–H and O–H groups in total. The maximum atomic E-state index is 13.4. The van der Waals surface area contributed by atoms with Gasteiger partial charge < -0.3 is 37.4 Å². The van der Waals surface area contributed by atoms with Crippen molar-refractivity contribution in [3.05, 3.63) is 42.0 Å². The van der Waals surface area contributed by atoms with Gasteiger partial charge in [0.25, 0.3) is 0 Å². The van der Waals surface area contributed by atoms with Crippen LogP contribution in [0, 0.1) is 17.8 Å². The van der Waals surface area contributed by atoms with Crippen LogP contribution in [0.2, 0.25) is 0 Å². The predicted molar refractivity (Wildman–Crippen MR) is 180 cm³/mol. The summed E-state index contributed by atoms with van der Waals surface area (Å²) in [6, 6.07) is 5.17. The molecule has 0 saturated heterocycles. The first kappa shape index (κ1) is 40.8. The van der Waals surface area contributed by atoms with Crippen LogP contribution in [0.3, 0.4) is 0 Å². The number of nitrogens with one attached hydrogen (secondary N) is 5. The smallest absolute Gasteiger partial charge is 0.326 e. The van der Waals surface area contributed by atoms with Gasteiger partial charge in [-0.25, -0.2) is 4.79 Å². The first-order valence-electron chi connectivity index (χ1n) is 16.3. The van der Waals surface area contributed by atoms with Crippen molar-refractivity contribution in [3.8, 4) is 0 Å². The number of rotatable bonds is 21. The van der Waals surface area contributed by atoms with E-state index < -0.39 is 66.2 Å². The highest BCUT2D eigenvalue weighted by atomic mass is 16.4. The Morgan fingerprint density at radius 3 is 1.89 bits per heavy atom. The molecule has 0 heterocycles. The lowest BCUT2D eigenvalue weighted by Crippen LogP contribution is -2.57. The molecule has 0 unspecified atom stereocenters. The fourth-order valence-electron chi connectivity index (χ4n) is 4.69. The predicted octanol–water partition coefficient (Wildman–Crippen LogP) is 1.72. The van der Waals surface area contributed by atoms with Crippen molar-refractivity contribution in [2.75, 3.05) is 13.1 Å². The summed E-state index contributed by atoms with van der Waals surface area (Å²) in [7, 11) is 0. The third kappa shape index (κ3) is 16.2. The van der Waals surface area contributed by atoms with Gasteiger partial charge in [-0.2, -0.15) is 0 Å². The molecule has 0 fully saturated rings. The number of carbonyl (C=O) groups excluding carboxylic acids is 5. The molecule has 0 aliphatic rings. The zero-order valence-corrected chi connectivity index (χ0v) is 28.5. The lowest BCUT2D eigenvalue weighted by Gasteiger charge is -2.27. The molecule has 0 aromatic heterocycles. The van der Waals surface area contributed by atoms with E-state index >= 15 is 0 Å². The second kappa shape index (κ2) is 21.5. The molecule has 5 atom stereocenters. The zero-order valence-electron chi connectivity index (χ0n) is 28.5. The van der Waals surface area contributed by atoms with Gasteiger partial charge in [0.05, 0.1) is 6.54 Å². The van der Waals surface area contributed by atoms with Crippen LogP contribution in [-0.2, 0) is 28.8 Å². The van der Waals surface area contributed by atoms with Crippen LogP contribution in [0.5, 0.6) is 0 Å². The van der Waals surface area contributed by atoms with E-state index in [1.165, 1.54) is 6.08 Å². The average molecular weight is 659 g/mol. The van der Waals surface area contributed by atoms with E-state index in [9.17, 15) is 33.9 Å². The van der Waals surface area contributed by atoms with Gasteiger partial charge in [0.15, 0.2) is 0 Å². The van der Waals surface area contributed by atoms with Crippen LogP contribution >= 0.6 is 0 Å². The van der Waals surface area contributed by atoms with Gasteiger partial charge in [-0.1, -0.05) is 78.3 Å². The molecule has 0 bridgehead atoms. The summed E-state index contributed by atoms with van der Waals surface area (Å²) in [5.74, 6) is -4.34. The van der Waals surface area contributed by atoms with Crippen molar-refractivity contribution in [1.29, 1.82) is 0 Å². The Morgan fingerprint density at radius 1 is 0.787 bits per heavy atom. The molecule has 0 aliphatic heterocycles. The van der Waals surface area contributed by atoms with Crippen LogP contribution in [0.4, 0.5) is 0 Å². The summed E-state index contributed by atoms with van der Waals surface area (Å²) in [5.41, 5.74) is 6.30. The van der Waals surface area contributed by atoms with E-state index in [0.29, 0.717) is 19.3 Å². The second-order valence-corrected chi connectivity index (χ2v) is 12.6. The van der Waals surface area contributed by atoms with E-state index in [1.807, 2.05) is 65.0 Å². The zero-order chi connectivity index (χ0) is 35.5. The molecule has 13 heteroatoms. The summed E-state index contributed by atoms with van der Waals surface area (Å²) in [4.78, 5) is 76.7. The van der Waals surface area contributed by atoms with Crippen molar-refractivity contribution in [3.63, 3.8) is 0 Å². The fourth-order valence-corrected chi connectivity index (χ4v) is 4.69. The minimum absolute atomic E-state index is 0.00828. The van der Waals surface area contributed by atoms with E-state index in [2.05, 4.69) is 26.6 Å². The molecule has 262 valence electrons. The Labute approximate surface area is 278 Å². The van der Waals surface area contributed by atoms with Crippen molar-refractivity contribution in [2.24, 2.45) is 23.5 Å². The van der Waals surface area contributed by atoms with Crippen LogP contribution in [0.1, 0.15) is 79.2 Å². The number of aliphatic carboxylic acids is 1. The van der Waals surface area contributed by atoms with Gasteiger partial charge in [-0.3, -0.25) is 24.0 Å². The maximum Gasteiger partial charge on any atom is 0.326 e. The van der Waals surface area contributed by atoms with Gasteiger partial charge >= 0.3 is 5.97 Å². The number of hydrogen-bond donors (Lipinski definition) is 7. The van der Waals surface area contributed by atoms with Crippen molar-refractivity contribution in [1.82, 2.24) is 26.6 Å². The molecular weight excluding hydrogens is 604 g/mol. The number of carbonyl (C=O) groups is 6. The largest absolute Gasteiger partial charge is 0.480 e. The molecule has 1 rings (SSSR count). The first-order chi connectivity index (χ1) is 22.2. The van der Waals surface area contributed by atoms with Crippen molar-refractivity contribution in [2.45, 2.75) is 97.8 Å². The topological polar surface area (TPSA) is 209 Å². The Balaban J connectivity index is 2.93. The number of amides is 5. The molecule has 0 spiro atoms. The van der Waals surface area contributed by atoms with Crippen LogP contribution in [0.25, 0.3) is 6.08 Å². The highest BCUT2D eigenvalue weighted by Crippen LogP contribution is 2.12. The number of carboxylic acid groups (broad SMARTS) is 1. The van der Waals surface area contributed by atoms with Crippen LogP contribution in [0.15, 0.2) is 36.4 Å². The number of carboxylic acids is 1. The summed E-state index contributed by atoms with van der Waals surface area (Å²) in [6.07, 6.45) is 4.65. The summed E-state index contributed by atoms with van der Waals surface area (Å²) >= 11 is 0. The monoisotopic (exact) mass is 658 g/mol. The standard InChI is InChI=1S/C34H54N6O7/c1-7-23(6)30(40-32(44)27(19-22(4)5)37-28(41)16-15-24-12-9-8-10-13-24)33(45)36-20-29(42)38-26(18-21(2)3)31(43)39-25(34(46)47)14-11-17-35/h8-10,12-13,15-16,21-23,25-27,30H,7,11,14,17-20,35H2,1-6H3,(H,36,45)(H,37,41)(H,38,42)(H,39,43)(H,40,44)(H,46,47)/b16-15+/t23-,25-,26-,27-,30-/m0/s1. The Hall–Kier alpha value is -4.26. The number of hydrogen-bond acceptors (Lipinski definition) is 7. The van der Waals surface area contributed by atoms with Crippen molar-refractivity contribution >= 4 is 41.6 Å². The third-order valence-corrected chi connectivity index (χ3v) is 7.45. The normalized spacial score (nSPS) is 14.5. The molecule has 5 amide bonds. The highest BCUT2D eigenvalue weighted by molar-refractivity contribution is 5.97. The second-order valence-electron chi connectivity index (χ2n) is 12.6. The molecule has 0 saturated carbocycles. The maximum absolute atomic E-state index is 13.4. The first-order valence-corrected chi connectivity index (χ1v) is 16.3. The Morgan fingerprint density at radius 2 is 1.36 bits per heavy atom. The van der Waals surface area contributed by atoms with Gasteiger partial charge in [0.1, 0.15) is 24.2 Å². The van der Waals surface area contributed by atoms with Gasteiger partial charge in [0, 0.05) is 6.08 Å². The van der Waals surface area contributed by atoms with Gasteiger partial charge in [-0.05, 0) is 61.6 Å². The molecule has 1 aromatic carbocycles. The minimum atomic E-state index is -1.20. The SMILES string of the molecule is CC[C@H](C)[C@H](NC(=O)[C@H](CC(C)C)NC(=O)/C=C/c1ccccc1)C(=O)NCC(=O)N[C@@H](CC(C)C)C(=O)N[C@@H](CCCN)C(=O)O. The molecular formula is C34H54N6O7.